The number of primary amides is 1. The van der Waals surface area contributed by atoms with Gasteiger partial charge in [-0.15, -0.1) is 0 Å². The molecule has 0 saturated carbocycles. The van der Waals surface area contributed by atoms with Crippen LogP contribution in [0.15, 0.2) is 24.3 Å². The van der Waals surface area contributed by atoms with Crippen LogP contribution in [0.2, 0.25) is 0 Å². The Morgan fingerprint density at radius 3 is 2.67 bits per heavy atom. The summed E-state index contributed by atoms with van der Waals surface area (Å²) in [5, 5.41) is 19.2. The summed E-state index contributed by atoms with van der Waals surface area (Å²) in [5.41, 5.74) is 4.87. The smallest absolute Gasteiger partial charge is 0.269 e. The lowest BCUT2D eigenvalue weighted by Crippen LogP contribution is -2.39. The third-order valence-corrected chi connectivity index (χ3v) is 4.19. The number of nitrogens with two attached hydrogens (primary N) is 1. The van der Waals surface area contributed by atoms with E-state index in [4.69, 9.17) is 11.0 Å². The molecular formula is C11H12N4O5S. The lowest BCUT2D eigenvalue weighted by Gasteiger charge is -2.17. The predicted molar refractivity (Wildman–Crippen MR) is 72.1 cm³/mol. The molecule has 112 valence electrons. The van der Waals surface area contributed by atoms with Gasteiger partial charge in [0.1, 0.15) is 6.54 Å². The summed E-state index contributed by atoms with van der Waals surface area (Å²) < 4.78 is 24.8. The molecule has 0 unspecified atom stereocenters. The van der Waals surface area contributed by atoms with Crippen molar-refractivity contribution in [1.82, 2.24) is 4.31 Å². The minimum absolute atomic E-state index is 0.177. The maximum atomic E-state index is 12.1. The Morgan fingerprint density at radius 2 is 2.14 bits per heavy atom. The Labute approximate surface area is 120 Å². The Hall–Kier alpha value is -2.51. The molecular weight excluding hydrogens is 300 g/mol. The van der Waals surface area contributed by atoms with E-state index in [-0.39, 0.29) is 11.3 Å². The number of hydrogen-bond acceptors (Lipinski definition) is 6. The number of hydrogen-bond donors (Lipinski definition) is 1. The van der Waals surface area contributed by atoms with Gasteiger partial charge in [0.25, 0.3) is 5.69 Å². The first-order valence-corrected chi connectivity index (χ1v) is 7.23. The fourth-order valence-corrected chi connectivity index (χ4v) is 2.93. The van der Waals surface area contributed by atoms with Crippen LogP contribution in [0.25, 0.3) is 0 Å². The molecule has 21 heavy (non-hydrogen) atoms. The average Bonchev–Trinajstić information content (AvgIpc) is 2.37. The molecule has 2 N–H and O–H groups in total. The van der Waals surface area contributed by atoms with Gasteiger partial charge in [0.15, 0.2) is 0 Å². The van der Waals surface area contributed by atoms with Gasteiger partial charge in [-0.1, -0.05) is 12.1 Å². The zero-order valence-electron chi connectivity index (χ0n) is 10.8. The molecule has 1 aromatic carbocycles. The van der Waals surface area contributed by atoms with Crippen molar-refractivity contribution in [2.24, 2.45) is 5.73 Å². The number of nitriles is 1. The predicted octanol–water partition coefficient (Wildman–Crippen LogP) is -0.265. The Kier molecular flexibility index (Phi) is 5.34. The second-order valence-electron chi connectivity index (χ2n) is 4.08. The third kappa shape index (κ3) is 4.83. The van der Waals surface area contributed by atoms with Crippen LogP contribution in [0, 0.1) is 21.4 Å². The molecule has 1 aromatic rings. The van der Waals surface area contributed by atoms with Crippen molar-refractivity contribution in [1.29, 1.82) is 5.26 Å². The summed E-state index contributed by atoms with van der Waals surface area (Å²) in [4.78, 5) is 20.8. The highest BCUT2D eigenvalue weighted by atomic mass is 32.2. The van der Waals surface area contributed by atoms with E-state index in [9.17, 15) is 23.3 Å². The van der Waals surface area contributed by atoms with Crippen molar-refractivity contribution in [3.63, 3.8) is 0 Å². The number of nitrogens with zero attached hydrogens (tertiary/aromatic N) is 3. The Bertz CT molecular complexity index is 695. The molecule has 0 spiro atoms. The molecule has 0 aliphatic rings. The van der Waals surface area contributed by atoms with Crippen molar-refractivity contribution in [3.8, 4) is 6.07 Å². The van der Waals surface area contributed by atoms with E-state index in [1.54, 1.807) is 6.07 Å². The first-order chi connectivity index (χ1) is 9.76. The van der Waals surface area contributed by atoms with Crippen molar-refractivity contribution in [2.75, 3.05) is 13.1 Å². The van der Waals surface area contributed by atoms with Crippen molar-refractivity contribution in [2.45, 2.75) is 5.75 Å². The first-order valence-electron chi connectivity index (χ1n) is 5.62. The molecule has 9 nitrogen and oxygen atoms in total. The van der Waals surface area contributed by atoms with Gasteiger partial charge in [0.05, 0.1) is 23.3 Å². The molecule has 0 radical (unpaired) electrons. The quantitative estimate of drug-likeness (QED) is 0.416. The van der Waals surface area contributed by atoms with Crippen LogP contribution in [-0.2, 0) is 20.6 Å². The summed E-state index contributed by atoms with van der Waals surface area (Å²) >= 11 is 0. The summed E-state index contributed by atoms with van der Waals surface area (Å²) in [5.74, 6) is -1.46. The molecule has 1 rings (SSSR count). The third-order valence-electron chi connectivity index (χ3n) is 2.44. The number of nitro benzene ring substituents is 1. The van der Waals surface area contributed by atoms with E-state index in [0.29, 0.717) is 4.31 Å². The number of amides is 1. The fourth-order valence-electron chi connectivity index (χ4n) is 1.57. The Morgan fingerprint density at radius 1 is 1.48 bits per heavy atom. The normalized spacial score (nSPS) is 11.0. The maximum absolute atomic E-state index is 12.1. The molecule has 0 fully saturated rings. The van der Waals surface area contributed by atoms with Crippen molar-refractivity contribution in [3.05, 3.63) is 39.9 Å². The van der Waals surface area contributed by atoms with Crippen LogP contribution in [0.1, 0.15) is 5.56 Å². The standard InChI is InChI=1S/C11H12N4O5S/c12-4-5-14(7-11(13)16)21(19,20)8-9-2-1-3-10(6-9)15(17)18/h1-3,6H,5,7-8H2,(H2,13,16). The molecule has 1 amide bonds. The number of nitro groups is 1. The summed E-state index contributed by atoms with van der Waals surface area (Å²) in [6, 6.07) is 6.73. The van der Waals surface area contributed by atoms with E-state index in [0.717, 1.165) is 6.07 Å². The fraction of sp³-hybridized carbons (Fsp3) is 0.273. The van der Waals surface area contributed by atoms with Crippen LogP contribution in [0.5, 0.6) is 0 Å². The van der Waals surface area contributed by atoms with Gasteiger partial charge in [-0.3, -0.25) is 14.9 Å². The minimum atomic E-state index is -3.99. The molecule has 0 aliphatic heterocycles. The highest BCUT2D eigenvalue weighted by Gasteiger charge is 2.24. The number of non-ortho nitro benzene ring substituents is 1. The van der Waals surface area contributed by atoms with Crippen LogP contribution >= 0.6 is 0 Å². The topological polar surface area (TPSA) is 147 Å². The molecule has 0 heterocycles. The van der Waals surface area contributed by atoms with Gasteiger partial charge in [-0.2, -0.15) is 9.57 Å². The molecule has 0 saturated heterocycles. The van der Waals surface area contributed by atoms with Crippen molar-refractivity contribution < 1.29 is 18.1 Å². The first kappa shape index (κ1) is 16.5. The minimum Gasteiger partial charge on any atom is -0.369 e. The van der Waals surface area contributed by atoms with E-state index < -0.39 is 39.7 Å². The van der Waals surface area contributed by atoms with Crippen molar-refractivity contribution >= 4 is 21.6 Å². The lowest BCUT2D eigenvalue weighted by molar-refractivity contribution is -0.384. The van der Waals surface area contributed by atoms with E-state index in [1.807, 2.05) is 0 Å². The summed E-state index contributed by atoms with van der Waals surface area (Å²) in [6.07, 6.45) is 0. The van der Waals surface area contributed by atoms with Crippen LogP contribution in [-0.4, -0.2) is 36.6 Å². The van der Waals surface area contributed by atoms with E-state index >= 15 is 0 Å². The van der Waals surface area contributed by atoms with Gasteiger partial charge in [0.2, 0.25) is 15.9 Å². The van der Waals surface area contributed by atoms with E-state index in [2.05, 4.69) is 0 Å². The summed E-state index contributed by atoms with van der Waals surface area (Å²) in [6.45, 7) is -1.15. The molecule has 0 aliphatic carbocycles. The zero-order valence-corrected chi connectivity index (χ0v) is 11.6. The van der Waals surface area contributed by atoms with Gasteiger partial charge in [0, 0.05) is 12.1 Å². The van der Waals surface area contributed by atoms with E-state index in [1.165, 1.54) is 18.2 Å². The Balaban J connectivity index is 3.02. The lowest BCUT2D eigenvalue weighted by atomic mass is 10.2. The van der Waals surface area contributed by atoms with Gasteiger partial charge >= 0.3 is 0 Å². The number of rotatable bonds is 7. The van der Waals surface area contributed by atoms with Gasteiger partial charge in [-0.05, 0) is 5.56 Å². The number of sulfonamides is 1. The summed E-state index contributed by atoms with van der Waals surface area (Å²) in [7, 11) is -3.99. The average molecular weight is 312 g/mol. The zero-order chi connectivity index (χ0) is 16.0. The number of carbonyl (C=O) groups is 1. The van der Waals surface area contributed by atoms with Crippen LogP contribution in [0.4, 0.5) is 5.69 Å². The monoisotopic (exact) mass is 312 g/mol. The highest BCUT2D eigenvalue weighted by Crippen LogP contribution is 2.17. The number of carbonyl (C=O) groups excluding carboxylic acids is 1. The second-order valence-corrected chi connectivity index (χ2v) is 6.04. The largest absolute Gasteiger partial charge is 0.369 e. The van der Waals surface area contributed by atoms with Crippen LogP contribution < -0.4 is 5.73 Å². The maximum Gasteiger partial charge on any atom is 0.269 e. The highest BCUT2D eigenvalue weighted by molar-refractivity contribution is 7.88. The number of benzene rings is 1. The molecule has 0 aromatic heterocycles. The van der Waals surface area contributed by atoms with Gasteiger partial charge in [-0.25, -0.2) is 8.42 Å². The SMILES string of the molecule is N#CCN(CC(N)=O)S(=O)(=O)Cc1cccc([N+](=O)[O-])c1. The van der Waals surface area contributed by atoms with Crippen LogP contribution in [0.3, 0.4) is 0 Å². The van der Waals surface area contributed by atoms with Gasteiger partial charge < -0.3 is 5.73 Å². The second kappa shape index (κ2) is 6.78. The molecule has 0 bridgehead atoms. The molecule has 0 atom stereocenters. The molecule has 10 heteroatoms.